The van der Waals surface area contributed by atoms with Gasteiger partial charge in [0.15, 0.2) is 0 Å². The molecule has 0 radical (unpaired) electrons. The molecule has 1 aliphatic rings. The molecule has 0 atom stereocenters. The van der Waals surface area contributed by atoms with E-state index in [1.807, 2.05) is 0 Å². The molecule has 1 saturated heterocycles. The van der Waals surface area contributed by atoms with E-state index >= 15 is 0 Å². The van der Waals surface area contributed by atoms with E-state index in [0.29, 0.717) is 19.6 Å². The second-order valence-electron chi connectivity index (χ2n) is 4.81. The van der Waals surface area contributed by atoms with Crippen molar-refractivity contribution in [3.8, 4) is 0 Å². The smallest absolute Gasteiger partial charge is 0.309 e. The molecule has 2 rings (SSSR count). The fraction of sp³-hybridized carbons (Fsp3) is 0.636. The third-order valence-electron chi connectivity index (χ3n) is 3.32. The number of hydrogen-bond acceptors (Lipinski definition) is 6. The minimum Gasteiger partial charge on any atom is -0.309 e. The Hall–Kier alpha value is -1.03. The minimum absolute atomic E-state index is 0.147. The fourth-order valence-corrected chi connectivity index (χ4v) is 3.84. The number of piperidine rings is 1. The number of rotatable bonds is 5. The topological polar surface area (TPSA) is 92.6 Å². The summed E-state index contributed by atoms with van der Waals surface area (Å²) >= 11 is 1.17. The third kappa shape index (κ3) is 3.98. The van der Waals surface area contributed by atoms with E-state index in [1.165, 1.54) is 28.0 Å². The molecule has 1 fully saturated rings. The van der Waals surface area contributed by atoms with Gasteiger partial charge in [0.1, 0.15) is 0 Å². The van der Waals surface area contributed by atoms with Crippen molar-refractivity contribution in [2.75, 3.05) is 19.3 Å². The van der Waals surface area contributed by atoms with Gasteiger partial charge in [0.25, 0.3) is 0 Å². The van der Waals surface area contributed by atoms with Crippen LogP contribution in [-0.4, -0.2) is 43.0 Å². The van der Waals surface area contributed by atoms with E-state index in [0.717, 1.165) is 17.7 Å². The Morgan fingerprint density at radius 3 is 2.60 bits per heavy atom. The van der Waals surface area contributed by atoms with Gasteiger partial charge in [-0.25, -0.2) is 12.7 Å². The first kappa shape index (κ1) is 15.4. The number of sulfonamides is 1. The van der Waals surface area contributed by atoms with Gasteiger partial charge in [0.05, 0.1) is 11.2 Å². The molecular weight excluding hydrogens is 302 g/mol. The zero-order valence-electron chi connectivity index (χ0n) is 11.1. The molecule has 7 nitrogen and oxygen atoms in total. The maximum absolute atomic E-state index is 11.4. The van der Waals surface area contributed by atoms with Gasteiger partial charge in [-0.3, -0.25) is 10.1 Å². The Balaban J connectivity index is 1.80. The summed E-state index contributed by atoms with van der Waals surface area (Å²) in [6, 6.07) is 3.52. The van der Waals surface area contributed by atoms with Gasteiger partial charge in [0.2, 0.25) is 10.0 Å². The first-order chi connectivity index (χ1) is 9.36. The fourth-order valence-electron chi connectivity index (χ4n) is 2.20. The molecule has 0 spiro atoms. The highest BCUT2D eigenvalue weighted by Crippen LogP contribution is 2.24. The molecule has 1 N–H and O–H groups in total. The van der Waals surface area contributed by atoms with Crippen molar-refractivity contribution in [3.05, 3.63) is 27.1 Å². The highest BCUT2D eigenvalue weighted by atomic mass is 32.2. The molecule has 1 aromatic rings. The van der Waals surface area contributed by atoms with Crippen LogP contribution in [0.15, 0.2) is 12.1 Å². The van der Waals surface area contributed by atoms with Gasteiger partial charge in [-0.1, -0.05) is 11.3 Å². The number of nitrogens with zero attached hydrogens (tertiary/aromatic N) is 2. The highest BCUT2D eigenvalue weighted by molar-refractivity contribution is 7.88. The Kier molecular flexibility index (Phi) is 4.74. The van der Waals surface area contributed by atoms with E-state index < -0.39 is 14.9 Å². The Bertz CT molecular complexity index is 576. The zero-order valence-corrected chi connectivity index (χ0v) is 12.7. The number of hydrogen-bond donors (Lipinski definition) is 1. The van der Waals surface area contributed by atoms with E-state index in [2.05, 4.69) is 5.32 Å². The molecule has 0 amide bonds. The van der Waals surface area contributed by atoms with Crippen molar-refractivity contribution < 1.29 is 13.3 Å². The van der Waals surface area contributed by atoms with Gasteiger partial charge < -0.3 is 5.32 Å². The molecule has 0 bridgehead atoms. The molecule has 1 aliphatic heterocycles. The molecule has 1 aromatic heterocycles. The van der Waals surface area contributed by atoms with Crippen LogP contribution in [-0.2, 0) is 16.6 Å². The van der Waals surface area contributed by atoms with Gasteiger partial charge in [-0.15, -0.1) is 0 Å². The lowest BCUT2D eigenvalue weighted by Crippen LogP contribution is -2.44. The molecule has 20 heavy (non-hydrogen) atoms. The van der Waals surface area contributed by atoms with E-state index in [1.54, 1.807) is 6.07 Å². The molecule has 0 aromatic carbocycles. The zero-order chi connectivity index (χ0) is 14.8. The Morgan fingerprint density at radius 1 is 1.45 bits per heavy atom. The Labute approximate surface area is 121 Å². The summed E-state index contributed by atoms with van der Waals surface area (Å²) in [6.45, 7) is 1.64. The summed E-state index contributed by atoms with van der Waals surface area (Å²) in [4.78, 5) is 11.1. The van der Waals surface area contributed by atoms with Crippen LogP contribution < -0.4 is 5.32 Å². The van der Waals surface area contributed by atoms with E-state index in [9.17, 15) is 18.5 Å². The van der Waals surface area contributed by atoms with Crippen molar-refractivity contribution in [1.29, 1.82) is 0 Å². The van der Waals surface area contributed by atoms with E-state index in [-0.39, 0.29) is 11.0 Å². The molecule has 0 aliphatic carbocycles. The van der Waals surface area contributed by atoms with Crippen molar-refractivity contribution in [3.63, 3.8) is 0 Å². The summed E-state index contributed by atoms with van der Waals surface area (Å²) in [5, 5.41) is 14.1. The van der Waals surface area contributed by atoms with Gasteiger partial charge in [-0.2, -0.15) is 0 Å². The molecule has 112 valence electrons. The number of nitrogens with one attached hydrogen (secondary N) is 1. The van der Waals surface area contributed by atoms with Gasteiger partial charge in [-0.05, 0) is 18.9 Å². The monoisotopic (exact) mass is 319 g/mol. The van der Waals surface area contributed by atoms with E-state index in [4.69, 9.17) is 0 Å². The highest BCUT2D eigenvalue weighted by Gasteiger charge is 2.24. The quantitative estimate of drug-likeness (QED) is 0.649. The SMILES string of the molecule is CS(=O)(=O)N1CCC(NCc2ccc([N+](=O)[O-])s2)CC1. The second-order valence-corrected chi connectivity index (χ2v) is 7.94. The maximum atomic E-state index is 11.4. The number of nitro groups is 1. The van der Waals surface area contributed by atoms with Crippen LogP contribution in [0.5, 0.6) is 0 Å². The predicted octanol–water partition coefficient (Wildman–Crippen LogP) is 1.17. The maximum Gasteiger partial charge on any atom is 0.324 e. The third-order valence-corrected chi connectivity index (χ3v) is 5.66. The average molecular weight is 319 g/mol. The second kappa shape index (κ2) is 6.17. The average Bonchev–Trinajstić information content (AvgIpc) is 2.85. The standard InChI is InChI=1S/C11H17N3O4S2/c1-20(17,18)13-6-4-9(5-7-13)12-8-10-2-3-11(19-10)14(15)16/h2-3,9,12H,4-8H2,1H3. The molecule has 0 unspecified atom stereocenters. The lowest BCUT2D eigenvalue weighted by Gasteiger charge is -2.30. The van der Waals surface area contributed by atoms with Crippen LogP contribution in [0, 0.1) is 10.1 Å². The molecular formula is C11H17N3O4S2. The minimum atomic E-state index is -3.09. The van der Waals surface area contributed by atoms with Crippen LogP contribution in [0.4, 0.5) is 5.00 Å². The summed E-state index contributed by atoms with van der Waals surface area (Å²) in [5.41, 5.74) is 0. The van der Waals surface area contributed by atoms with Crippen molar-refractivity contribution in [2.45, 2.75) is 25.4 Å². The van der Waals surface area contributed by atoms with Crippen LogP contribution in [0.3, 0.4) is 0 Å². The van der Waals surface area contributed by atoms with Gasteiger partial charge in [0, 0.05) is 36.6 Å². The molecule has 9 heteroatoms. The normalized spacial score (nSPS) is 18.2. The van der Waals surface area contributed by atoms with Crippen molar-refractivity contribution in [1.82, 2.24) is 9.62 Å². The summed E-state index contributed by atoms with van der Waals surface area (Å²) in [7, 11) is -3.09. The molecule has 2 heterocycles. The lowest BCUT2D eigenvalue weighted by atomic mass is 10.1. The van der Waals surface area contributed by atoms with Crippen molar-refractivity contribution >= 4 is 26.4 Å². The largest absolute Gasteiger partial charge is 0.324 e. The van der Waals surface area contributed by atoms with Crippen LogP contribution in [0.1, 0.15) is 17.7 Å². The first-order valence-electron chi connectivity index (χ1n) is 6.28. The van der Waals surface area contributed by atoms with Crippen LogP contribution in [0.2, 0.25) is 0 Å². The first-order valence-corrected chi connectivity index (χ1v) is 8.94. The van der Waals surface area contributed by atoms with Crippen LogP contribution in [0.25, 0.3) is 0 Å². The molecule has 0 saturated carbocycles. The summed E-state index contributed by atoms with van der Waals surface area (Å²) < 4.78 is 24.3. The van der Waals surface area contributed by atoms with Gasteiger partial charge >= 0.3 is 5.00 Å². The lowest BCUT2D eigenvalue weighted by molar-refractivity contribution is -0.380. The summed E-state index contributed by atoms with van der Waals surface area (Å²) in [5.74, 6) is 0. The Morgan fingerprint density at radius 2 is 2.10 bits per heavy atom. The van der Waals surface area contributed by atoms with Crippen LogP contribution >= 0.6 is 11.3 Å². The number of thiophene rings is 1. The van der Waals surface area contributed by atoms with Crippen molar-refractivity contribution in [2.24, 2.45) is 0 Å². The predicted molar refractivity (Wildman–Crippen MR) is 77.3 cm³/mol. The summed E-state index contributed by atoms with van der Waals surface area (Å²) in [6.07, 6.45) is 2.76.